The van der Waals surface area contributed by atoms with Crippen molar-refractivity contribution in [1.29, 1.82) is 0 Å². The fourth-order valence-electron chi connectivity index (χ4n) is 4.78. The summed E-state index contributed by atoms with van der Waals surface area (Å²) in [6.45, 7) is 3.97. The molecule has 1 atom stereocenters. The lowest BCUT2D eigenvalue weighted by atomic mass is 10.1. The molecule has 0 bridgehead atoms. The molecule has 0 spiro atoms. The zero-order chi connectivity index (χ0) is 28.0. The van der Waals surface area contributed by atoms with Crippen molar-refractivity contribution in [3.63, 3.8) is 0 Å². The molecule has 3 heterocycles. The highest BCUT2D eigenvalue weighted by Gasteiger charge is 2.47. The van der Waals surface area contributed by atoms with Gasteiger partial charge in [0.15, 0.2) is 0 Å². The van der Waals surface area contributed by atoms with Crippen molar-refractivity contribution in [2.75, 3.05) is 4.90 Å². The first kappa shape index (κ1) is 26.5. The number of aromatic nitrogens is 1. The van der Waals surface area contributed by atoms with Crippen LogP contribution >= 0.6 is 22.7 Å². The third-order valence-corrected chi connectivity index (χ3v) is 11.2. The fourth-order valence-corrected chi connectivity index (χ4v) is 8.54. The lowest BCUT2D eigenvalue weighted by Gasteiger charge is -2.26. The van der Waals surface area contributed by atoms with Crippen LogP contribution in [0, 0.1) is 13.8 Å². The summed E-state index contributed by atoms with van der Waals surface area (Å²) in [7, 11) is -4.02. The van der Waals surface area contributed by atoms with Gasteiger partial charge >= 0.3 is 0 Å². The second-order valence-electron chi connectivity index (χ2n) is 9.79. The van der Waals surface area contributed by atoms with Gasteiger partial charge in [-0.1, -0.05) is 42.0 Å². The summed E-state index contributed by atoms with van der Waals surface area (Å²) in [5.41, 5.74) is 5.14. The van der Waals surface area contributed by atoms with E-state index < -0.39 is 27.9 Å². The van der Waals surface area contributed by atoms with Crippen molar-refractivity contribution in [3.8, 4) is 10.6 Å². The van der Waals surface area contributed by atoms with Gasteiger partial charge in [-0.2, -0.15) is 4.31 Å². The number of carbonyl (C=O) groups is 2. The number of benzene rings is 3. The van der Waals surface area contributed by atoms with E-state index in [0.29, 0.717) is 5.69 Å². The Morgan fingerprint density at radius 3 is 2.38 bits per heavy atom. The number of hydrogen-bond acceptors (Lipinski definition) is 7. The molecule has 5 aromatic rings. The quantitative estimate of drug-likeness (QED) is 0.213. The number of thiazole rings is 1. The van der Waals surface area contributed by atoms with Crippen LogP contribution in [0.4, 0.5) is 5.69 Å². The maximum atomic E-state index is 13.7. The highest BCUT2D eigenvalue weighted by atomic mass is 32.2. The third-order valence-electron chi connectivity index (χ3n) is 6.90. The van der Waals surface area contributed by atoms with Crippen LogP contribution in [0.25, 0.3) is 20.8 Å². The van der Waals surface area contributed by atoms with Crippen LogP contribution in [0.2, 0.25) is 0 Å². The van der Waals surface area contributed by atoms with E-state index in [9.17, 15) is 18.0 Å². The number of amides is 2. The molecule has 2 amide bonds. The molecule has 6 rings (SSSR count). The van der Waals surface area contributed by atoms with Gasteiger partial charge in [-0.15, -0.1) is 22.7 Å². The summed E-state index contributed by atoms with van der Waals surface area (Å²) in [6.07, 6.45) is -0.228. The number of aryl methyl sites for hydroxylation is 2. The van der Waals surface area contributed by atoms with Crippen molar-refractivity contribution >= 4 is 60.4 Å². The number of nitrogens with zero attached hydrogens (tertiary/aromatic N) is 3. The Morgan fingerprint density at radius 2 is 1.68 bits per heavy atom. The highest BCUT2D eigenvalue weighted by molar-refractivity contribution is 7.91. The second-order valence-corrected chi connectivity index (χ2v) is 13.9. The Kier molecular flexibility index (Phi) is 6.87. The van der Waals surface area contributed by atoms with E-state index in [2.05, 4.69) is 6.07 Å². The van der Waals surface area contributed by atoms with Gasteiger partial charge in [0.2, 0.25) is 5.91 Å². The van der Waals surface area contributed by atoms with Gasteiger partial charge in [0.25, 0.3) is 15.9 Å². The number of rotatable bonds is 7. The maximum Gasteiger partial charge on any atom is 0.253 e. The predicted molar refractivity (Wildman–Crippen MR) is 159 cm³/mol. The number of anilines is 1. The van der Waals surface area contributed by atoms with Gasteiger partial charge in [-0.05, 0) is 72.8 Å². The van der Waals surface area contributed by atoms with Crippen molar-refractivity contribution < 1.29 is 18.0 Å². The molecule has 3 aromatic carbocycles. The molecule has 1 unspecified atom stereocenters. The number of sulfonamides is 1. The van der Waals surface area contributed by atoms with Gasteiger partial charge in [-0.25, -0.2) is 18.3 Å². The van der Waals surface area contributed by atoms with E-state index in [1.54, 1.807) is 34.9 Å². The first-order valence-corrected chi connectivity index (χ1v) is 15.8. The fraction of sp³-hybridized carbons (Fsp3) is 0.167. The van der Waals surface area contributed by atoms with Crippen molar-refractivity contribution in [1.82, 2.24) is 9.29 Å². The predicted octanol–water partition coefficient (Wildman–Crippen LogP) is 6.16. The Labute approximate surface area is 240 Å². The molecule has 40 heavy (non-hydrogen) atoms. The van der Waals surface area contributed by atoms with Crippen LogP contribution in [0.3, 0.4) is 0 Å². The zero-order valence-corrected chi connectivity index (χ0v) is 24.2. The molecule has 0 radical (unpaired) electrons. The van der Waals surface area contributed by atoms with Crippen LogP contribution in [0.15, 0.2) is 88.5 Å². The van der Waals surface area contributed by atoms with Gasteiger partial charge < -0.3 is 0 Å². The molecule has 1 fully saturated rings. The molecule has 2 aromatic heterocycles. The molecule has 0 aliphatic carbocycles. The highest BCUT2D eigenvalue weighted by Crippen LogP contribution is 2.35. The van der Waals surface area contributed by atoms with E-state index in [1.807, 2.05) is 62.4 Å². The number of carbonyl (C=O) groups excluding carboxylic acids is 2. The number of thiophene rings is 1. The Morgan fingerprint density at radius 1 is 0.950 bits per heavy atom. The van der Waals surface area contributed by atoms with Crippen LogP contribution < -0.4 is 4.90 Å². The normalized spacial score (nSPS) is 16.0. The number of hydrogen-bond donors (Lipinski definition) is 0. The lowest BCUT2D eigenvalue weighted by Crippen LogP contribution is -2.44. The standard InChI is InChI=1S/C30H25N3O4S3/c1-19-5-8-21(9-6-19)18-32(40(36,37)28-4-3-15-38-28)25-17-27(34)33(30(25)35)23-12-10-22(11-13-23)29-31-24-14-7-20(2)16-26(24)39-29/h3-16,25H,17-18H2,1-2H3. The summed E-state index contributed by atoms with van der Waals surface area (Å²) in [4.78, 5) is 32.7. The van der Waals surface area contributed by atoms with E-state index in [1.165, 1.54) is 10.4 Å². The van der Waals surface area contributed by atoms with Crippen molar-refractivity contribution in [2.24, 2.45) is 0 Å². The van der Waals surface area contributed by atoms with E-state index in [-0.39, 0.29) is 17.2 Å². The molecule has 202 valence electrons. The van der Waals surface area contributed by atoms with E-state index >= 15 is 0 Å². The first-order chi connectivity index (χ1) is 19.2. The average Bonchev–Trinajstić information content (AvgIpc) is 3.68. The van der Waals surface area contributed by atoms with Crippen molar-refractivity contribution in [2.45, 2.75) is 37.1 Å². The molecule has 1 aliphatic heterocycles. The van der Waals surface area contributed by atoms with Gasteiger partial charge in [0.1, 0.15) is 15.3 Å². The molecule has 10 heteroatoms. The summed E-state index contributed by atoms with van der Waals surface area (Å²) < 4.78 is 29.8. The van der Waals surface area contributed by atoms with Gasteiger partial charge in [-0.3, -0.25) is 9.59 Å². The molecule has 1 saturated heterocycles. The minimum Gasteiger partial charge on any atom is -0.274 e. The Bertz CT molecular complexity index is 1830. The van der Waals surface area contributed by atoms with Crippen LogP contribution in [-0.4, -0.2) is 35.6 Å². The Balaban J connectivity index is 1.30. The average molecular weight is 588 g/mol. The topological polar surface area (TPSA) is 87.7 Å². The molecular weight excluding hydrogens is 563 g/mol. The van der Waals surface area contributed by atoms with Crippen LogP contribution in [0.1, 0.15) is 23.1 Å². The first-order valence-electron chi connectivity index (χ1n) is 12.7. The zero-order valence-electron chi connectivity index (χ0n) is 21.8. The smallest absolute Gasteiger partial charge is 0.253 e. The largest absolute Gasteiger partial charge is 0.274 e. The minimum atomic E-state index is -4.02. The lowest BCUT2D eigenvalue weighted by molar-refractivity contribution is -0.122. The van der Waals surface area contributed by atoms with E-state index in [0.717, 1.165) is 53.7 Å². The van der Waals surface area contributed by atoms with Gasteiger partial charge in [0, 0.05) is 12.1 Å². The summed E-state index contributed by atoms with van der Waals surface area (Å²) in [6, 6.07) is 22.7. The summed E-state index contributed by atoms with van der Waals surface area (Å²) in [5.74, 6) is -0.992. The monoisotopic (exact) mass is 587 g/mol. The minimum absolute atomic E-state index is 0.0198. The molecule has 1 aliphatic rings. The van der Waals surface area contributed by atoms with Crippen LogP contribution in [0.5, 0.6) is 0 Å². The SMILES string of the molecule is Cc1ccc(CN(C2CC(=O)N(c3ccc(-c4nc5ccc(C)cc5s4)cc3)C2=O)S(=O)(=O)c2cccs2)cc1. The molecule has 0 N–H and O–H groups in total. The number of imide groups is 1. The van der Waals surface area contributed by atoms with E-state index in [4.69, 9.17) is 4.98 Å². The maximum absolute atomic E-state index is 13.7. The molecule has 7 nitrogen and oxygen atoms in total. The molecular formula is C30H25N3O4S3. The van der Waals surface area contributed by atoms with Gasteiger partial charge in [0.05, 0.1) is 22.3 Å². The summed E-state index contributed by atoms with van der Waals surface area (Å²) in [5, 5.41) is 2.52. The molecule has 0 saturated carbocycles. The van der Waals surface area contributed by atoms with Crippen molar-refractivity contribution in [3.05, 3.63) is 101 Å². The number of fused-ring (bicyclic) bond motifs is 1. The Hall–Kier alpha value is -3.70. The second kappa shape index (κ2) is 10.4. The van der Waals surface area contributed by atoms with Crippen LogP contribution in [-0.2, 0) is 26.2 Å². The summed E-state index contributed by atoms with van der Waals surface area (Å²) >= 11 is 2.67. The third kappa shape index (κ3) is 4.88.